The molecule has 4 heteroatoms. The Kier molecular flexibility index (Phi) is 3.19. The van der Waals surface area contributed by atoms with Crippen molar-refractivity contribution in [1.29, 1.82) is 0 Å². The van der Waals surface area contributed by atoms with Crippen molar-refractivity contribution in [2.75, 3.05) is 6.54 Å². The molecule has 1 heterocycles. The zero-order valence-electron chi connectivity index (χ0n) is 8.79. The van der Waals surface area contributed by atoms with Crippen molar-refractivity contribution in [3.05, 3.63) is 47.5 Å². The van der Waals surface area contributed by atoms with E-state index >= 15 is 0 Å². The van der Waals surface area contributed by atoms with Crippen LogP contribution in [0.15, 0.2) is 36.2 Å². The van der Waals surface area contributed by atoms with Crippen LogP contribution in [0.5, 0.6) is 0 Å². The zero-order chi connectivity index (χ0) is 11.4. The molecule has 0 saturated heterocycles. The summed E-state index contributed by atoms with van der Waals surface area (Å²) in [6.45, 7) is 0.940. The minimum absolute atomic E-state index is 0.199. The lowest BCUT2D eigenvalue weighted by molar-refractivity contribution is 0.0963. The minimum Gasteiger partial charge on any atom is -0.389 e. The fourth-order valence-electron chi connectivity index (χ4n) is 1.57. The van der Waals surface area contributed by atoms with Crippen LogP contribution in [0.1, 0.15) is 23.2 Å². The van der Waals surface area contributed by atoms with E-state index in [4.69, 9.17) is 0 Å². The molecule has 0 fully saturated rings. The molecule has 0 aliphatic carbocycles. The maximum Gasteiger partial charge on any atom is 0.255 e. The van der Waals surface area contributed by atoms with Gasteiger partial charge in [-0.3, -0.25) is 4.79 Å². The third-order valence-corrected chi connectivity index (χ3v) is 2.42. The van der Waals surface area contributed by atoms with E-state index < -0.39 is 0 Å². The van der Waals surface area contributed by atoms with Gasteiger partial charge in [0.1, 0.15) is 5.82 Å². The summed E-state index contributed by atoms with van der Waals surface area (Å²) in [5.41, 5.74) is 1.34. The molecule has 0 unspecified atom stereocenters. The maximum absolute atomic E-state index is 12.7. The van der Waals surface area contributed by atoms with Gasteiger partial charge in [-0.05, 0) is 37.1 Å². The summed E-state index contributed by atoms with van der Waals surface area (Å²) in [6, 6.07) is 5.51. The highest BCUT2D eigenvalue weighted by Crippen LogP contribution is 2.07. The summed E-state index contributed by atoms with van der Waals surface area (Å²) < 4.78 is 12.7. The van der Waals surface area contributed by atoms with E-state index in [1.165, 1.54) is 24.3 Å². The Morgan fingerprint density at radius 2 is 2.06 bits per heavy atom. The molecular formula is C12H13FN2O. The molecule has 16 heavy (non-hydrogen) atoms. The smallest absolute Gasteiger partial charge is 0.255 e. The number of benzene rings is 1. The van der Waals surface area contributed by atoms with Crippen molar-refractivity contribution in [3.8, 4) is 0 Å². The van der Waals surface area contributed by atoms with E-state index in [0.29, 0.717) is 5.56 Å². The minimum atomic E-state index is -0.338. The van der Waals surface area contributed by atoms with E-state index in [1.54, 1.807) is 0 Å². The van der Waals surface area contributed by atoms with Crippen LogP contribution < -0.4 is 10.6 Å². The van der Waals surface area contributed by atoms with E-state index in [1.807, 2.05) is 6.20 Å². The van der Waals surface area contributed by atoms with Crippen molar-refractivity contribution in [2.45, 2.75) is 12.8 Å². The Balaban J connectivity index is 2.02. The number of rotatable bonds is 2. The van der Waals surface area contributed by atoms with Gasteiger partial charge in [-0.2, -0.15) is 0 Å². The zero-order valence-corrected chi connectivity index (χ0v) is 8.79. The second-order valence-corrected chi connectivity index (χ2v) is 3.69. The first kappa shape index (κ1) is 10.7. The third kappa shape index (κ3) is 2.59. The molecule has 3 nitrogen and oxygen atoms in total. The SMILES string of the molecule is O=C(NC1=CNCCC1)c1ccc(F)cc1. The number of hydrogen-bond acceptors (Lipinski definition) is 2. The standard InChI is InChI=1S/C12H13FN2O/c13-10-5-3-9(4-6-10)12(16)15-11-2-1-7-14-8-11/h3-6,8,14H,1-2,7H2,(H,15,16). The Bertz CT molecular complexity index is 412. The van der Waals surface area contributed by atoms with Gasteiger partial charge in [0.25, 0.3) is 5.91 Å². The van der Waals surface area contributed by atoms with Crippen molar-refractivity contribution >= 4 is 5.91 Å². The van der Waals surface area contributed by atoms with E-state index in [9.17, 15) is 9.18 Å². The highest BCUT2D eigenvalue weighted by molar-refractivity contribution is 5.95. The first-order valence-electron chi connectivity index (χ1n) is 5.25. The van der Waals surface area contributed by atoms with Gasteiger partial charge >= 0.3 is 0 Å². The van der Waals surface area contributed by atoms with Gasteiger partial charge in [-0.1, -0.05) is 0 Å². The maximum atomic E-state index is 12.7. The van der Waals surface area contributed by atoms with Crippen LogP contribution in [0.25, 0.3) is 0 Å². The molecule has 1 aliphatic heterocycles. The van der Waals surface area contributed by atoms with Crippen LogP contribution in [0.3, 0.4) is 0 Å². The predicted octanol–water partition coefficient (Wildman–Crippen LogP) is 1.78. The van der Waals surface area contributed by atoms with Crippen LogP contribution in [0.2, 0.25) is 0 Å². The van der Waals surface area contributed by atoms with Gasteiger partial charge in [0.05, 0.1) is 0 Å². The highest BCUT2D eigenvalue weighted by atomic mass is 19.1. The number of nitrogens with one attached hydrogen (secondary N) is 2. The lowest BCUT2D eigenvalue weighted by Crippen LogP contribution is -2.27. The summed E-state index contributed by atoms with van der Waals surface area (Å²) in [6.07, 6.45) is 3.68. The Morgan fingerprint density at radius 3 is 2.69 bits per heavy atom. The molecule has 84 valence electrons. The second-order valence-electron chi connectivity index (χ2n) is 3.69. The van der Waals surface area contributed by atoms with Crippen LogP contribution in [0.4, 0.5) is 4.39 Å². The number of hydrogen-bond donors (Lipinski definition) is 2. The number of carbonyl (C=O) groups is 1. The van der Waals surface area contributed by atoms with Gasteiger partial charge in [-0.15, -0.1) is 0 Å². The molecule has 0 bridgehead atoms. The van der Waals surface area contributed by atoms with E-state index in [2.05, 4.69) is 10.6 Å². The van der Waals surface area contributed by atoms with Crippen LogP contribution in [-0.4, -0.2) is 12.5 Å². The number of halogens is 1. The fraction of sp³-hybridized carbons (Fsp3) is 0.250. The molecule has 2 rings (SSSR count). The third-order valence-electron chi connectivity index (χ3n) is 2.42. The topological polar surface area (TPSA) is 41.1 Å². The summed E-state index contributed by atoms with van der Waals surface area (Å²) in [5, 5.41) is 5.86. The van der Waals surface area contributed by atoms with E-state index in [-0.39, 0.29) is 11.7 Å². The number of amides is 1. The van der Waals surface area contributed by atoms with Gasteiger partial charge < -0.3 is 10.6 Å². The van der Waals surface area contributed by atoms with Crippen molar-refractivity contribution in [3.63, 3.8) is 0 Å². The molecule has 0 atom stereocenters. The average molecular weight is 220 g/mol. The summed E-state index contributed by atoms with van der Waals surface area (Å²) >= 11 is 0. The monoisotopic (exact) mass is 220 g/mol. The molecule has 1 aromatic carbocycles. The van der Waals surface area contributed by atoms with Crippen LogP contribution in [0, 0.1) is 5.82 Å². The summed E-state index contributed by atoms with van der Waals surface area (Å²) in [4.78, 5) is 11.7. The quantitative estimate of drug-likeness (QED) is 0.797. The number of allylic oxidation sites excluding steroid dienone is 1. The molecule has 1 amide bonds. The Morgan fingerprint density at radius 1 is 1.31 bits per heavy atom. The van der Waals surface area contributed by atoms with Gasteiger partial charge in [0, 0.05) is 24.0 Å². The van der Waals surface area contributed by atoms with Crippen LogP contribution in [-0.2, 0) is 0 Å². The molecule has 0 radical (unpaired) electrons. The average Bonchev–Trinajstić information content (AvgIpc) is 2.31. The van der Waals surface area contributed by atoms with Gasteiger partial charge in [0.15, 0.2) is 0 Å². The molecular weight excluding hydrogens is 207 g/mol. The fourth-order valence-corrected chi connectivity index (χ4v) is 1.57. The van der Waals surface area contributed by atoms with Crippen molar-refractivity contribution in [1.82, 2.24) is 10.6 Å². The number of carbonyl (C=O) groups excluding carboxylic acids is 1. The highest BCUT2D eigenvalue weighted by Gasteiger charge is 2.09. The molecule has 1 aromatic rings. The first-order valence-corrected chi connectivity index (χ1v) is 5.25. The first-order chi connectivity index (χ1) is 7.75. The summed E-state index contributed by atoms with van der Waals surface area (Å²) in [5.74, 6) is -0.537. The largest absolute Gasteiger partial charge is 0.389 e. The van der Waals surface area contributed by atoms with E-state index in [0.717, 1.165) is 25.1 Å². The molecule has 0 aromatic heterocycles. The normalized spacial score (nSPS) is 14.9. The van der Waals surface area contributed by atoms with Crippen LogP contribution >= 0.6 is 0 Å². The van der Waals surface area contributed by atoms with Crippen molar-refractivity contribution in [2.24, 2.45) is 0 Å². The van der Waals surface area contributed by atoms with Gasteiger partial charge in [0.2, 0.25) is 0 Å². The molecule has 2 N–H and O–H groups in total. The van der Waals surface area contributed by atoms with Crippen molar-refractivity contribution < 1.29 is 9.18 Å². The van der Waals surface area contributed by atoms with Gasteiger partial charge in [-0.25, -0.2) is 4.39 Å². The second kappa shape index (κ2) is 4.79. The predicted molar refractivity (Wildman–Crippen MR) is 59.2 cm³/mol. The molecule has 0 saturated carbocycles. The lowest BCUT2D eigenvalue weighted by Gasteiger charge is -2.15. The summed E-state index contributed by atoms with van der Waals surface area (Å²) in [7, 11) is 0. The lowest BCUT2D eigenvalue weighted by atomic mass is 10.1. The molecule has 0 spiro atoms. The Labute approximate surface area is 93.4 Å². The molecule has 1 aliphatic rings. The Hall–Kier alpha value is -1.84.